The van der Waals surface area contributed by atoms with Gasteiger partial charge < -0.3 is 13.7 Å². The molecule has 0 aliphatic carbocycles. The molecule has 0 radical (unpaired) electrons. The summed E-state index contributed by atoms with van der Waals surface area (Å²) in [7, 11) is -2.70. The third-order valence-corrected chi connectivity index (χ3v) is 5.96. The molecule has 0 atom stereocenters. The molecule has 33 heavy (non-hydrogen) atoms. The Hall–Kier alpha value is -3.98. The van der Waals surface area contributed by atoms with Gasteiger partial charge in [-0.1, -0.05) is 23.8 Å². The lowest BCUT2D eigenvalue weighted by Crippen LogP contribution is -2.10. The number of esters is 1. The van der Waals surface area contributed by atoms with E-state index >= 15 is 0 Å². The first kappa shape index (κ1) is 22.2. The van der Waals surface area contributed by atoms with Crippen LogP contribution in [0.4, 0.5) is 4.39 Å². The summed E-state index contributed by atoms with van der Waals surface area (Å²) >= 11 is 0. The molecule has 0 fully saturated rings. The van der Waals surface area contributed by atoms with Gasteiger partial charge in [0.25, 0.3) is 0 Å². The second-order valence-electron chi connectivity index (χ2n) is 7.10. The molecular weight excluding hydrogens is 449 g/mol. The highest BCUT2D eigenvalue weighted by molar-refractivity contribution is 7.87. The molecule has 0 unspecified atom stereocenters. The summed E-state index contributed by atoms with van der Waals surface area (Å²) in [6.07, 6.45) is 1.46. The lowest BCUT2D eigenvalue weighted by Gasteiger charge is -2.11. The topological polar surface area (TPSA) is 91.3 Å². The predicted octanol–water partition coefficient (Wildman–Crippen LogP) is 4.25. The third-order valence-electron chi connectivity index (χ3n) is 4.71. The van der Waals surface area contributed by atoms with E-state index in [-0.39, 0.29) is 28.0 Å². The van der Waals surface area contributed by atoms with Gasteiger partial charge in [0.15, 0.2) is 17.2 Å². The van der Waals surface area contributed by atoms with Crippen molar-refractivity contribution >= 4 is 28.1 Å². The monoisotopic (exact) mass is 467 g/mol. The van der Waals surface area contributed by atoms with Gasteiger partial charge in [-0.15, -0.1) is 0 Å². The van der Waals surface area contributed by atoms with Crippen LogP contribution in [0.3, 0.4) is 0 Å². The average molecular weight is 467 g/mol. The molecular formula is C24H18FNO6S. The van der Waals surface area contributed by atoms with E-state index in [9.17, 15) is 17.6 Å². The van der Waals surface area contributed by atoms with E-state index in [0.29, 0.717) is 11.1 Å². The molecule has 7 nitrogen and oxygen atoms in total. The van der Waals surface area contributed by atoms with Crippen molar-refractivity contribution in [2.45, 2.75) is 11.8 Å². The second kappa shape index (κ2) is 8.87. The number of ether oxygens (including phenoxy) is 2. The Morgan fingerprint density at radius 2 is 1.67 bits per heavy atom. The SMILES string of the molecule is COc1cc(/C=C2/N=C(c3ccc(F)cc3)OC2=O)ccc1OS(=O)(=O)c1ccc(C)cc1. The summed E-state index contributed by atoms with van der Waals surface area (Å²) in [4.78, 5) is 16.4. The van der Waals surface area contributed by atoms with Gasteiger partial charge in [-0.3, -0.25) is 0 Å². The maximum Gasteiger partial charge on any atom is 0.363 e. The Morgan fingerprint density at radius 3 is 2.33 bits per heavy atom. The van der Waals surface area contributed by atoms with Gasteiger partial charge in [-0.2, -0.15) is 8.42 Å². The third kappa shape index (κ3) is 4.93. The predicted molar refractivity (Wildman–Crippen MR) is 119 cm³/mol. The first-order valence-corrected chi connectivity index (χ1v) is 11.1. The van der Waals surface area contributed by atoms with E-state index in [1.165, 1.54) is 61.7 Å². The standard InChI is InChI=1S/C24H18FNO6S/c1-15-3-10-19(11-4-15)33(28,29)32-21-12-5-16(14-22(21)30-2)13-20-24(27)31-23(26-20)17-6-8-18(25)9-7-17/h3-14H,1-2H3/b20-13+. The highest BCUT2D eigenvalue weighted by atomic mass is 32.2. The van der Waals surface area contributed by atoms with Crippen LogP contribution in [-0.4, -0.2) is 27.4 Å². The van der Waals surface area contributed by atoms with Crippen LogP contribution in [0.2, 0.25) is 0 Å². The van der Waals surface area contributed by atoms with Crippen LogP contribution in [0.15, 0.2) is 82.3 Å². The zero-order valence-corrected chi connectivity index (χ0v) is 18.4. The number of methoxy groups -OCH3 is 1. The number of aryl methyl sites for hydroxylation is 1. The normalized spacial score (nSPS) is 14.7. The van der Waals surface area contributed by atoms with Crippen molar-refractivity contribution in [3.8, 4) is 11.5 Å². The number of rotatable bonds is 6. The van der Waals surface area contributed by atoms with E-state index in [1.54, 1.807) is 18.2 Å². The zero-order chi connectivity index (χ0) is 23.6. The molecule has 0 spiro atoms. The van der Waals surface area contributed by atoms with Gasteiger partial charge >= 0.3 is 16.1 Å². The summed E-state index contributed by atoms with van der Waals surface area (Å²) in [5.41, 5.74) is 1.90. The molecule has 168 valence electrons. The minimum Gasteiger partial charge on any atom is -0.493 e. The maximum absolute atomic E-state index is 13.1. The highest BCUT2D eigenvalue weighted by Crippen LogP contribution is 2.32. The Kier molecular flexibility index (Phi) is 5.97. The van der Waals surface area contributed by atoms with Crippen molar-refractivity contribution in [3.05, 3.63) is 94.9 Å². The molecule has 3 aromatic carbocycles. The Labute approximate surface area is 189 Å². The molecule has 0 saturated heterocycles. The van der Waals surface area contributed by atoms with Crippen molar-refractivity contribution in [2.24, 2.45) is 4.99 Å². The van der Waals surface area contributed by atoms with Crippen molar-refractivity contribution in [1.29, 1.82) is 0 Å². The summed E-state index contributed by atoms with van der Waals surface area (Å²) in [5.74, 6) is -0.893. The quantitative estimate of drug-likeness (QED) is 0.306. The highest BCUT2D eigenvalue weighted by Gasteiger charge is 2.25. The van der Waals surface area contributed by atoms with Crippen molar-refractivity contribution in [1.82, 2.24) is 0 Å². The number of cyclic esters (lactones) is 1. The average Bonchev–Trinajstić information content (AvgIpc) is 3.15. The number of benzene rings is 3. The van der Waals surface area contributed by atoms with Crippen molar-refractivity contribution in [3.63, 3.8) is 0 Å². The first-order chi connectivity index (χ1) is 15.7. The Bertz CT molecular complexity index is 1380. The van der Waals surface area contributed by atoms with Gasteiger partial charge in [0, 0.05) is 5.56 Å². The van der Waals surface area contributed by atoms with Gasteiger partial charge in [-0.05, 0) is 67.1 Å². The fourth-order valence-corrected chi connectivity index (χ4v) is 3.94. The van der Waals surface area contributed by atoms with Gasteiger partial charge in [-0.25, -0.2) is 14.2 Å². The molecule has 0 N–H and O–H groups in total. The van der Waals surface area contributed by atoms with E-state index < -0.39 is 21.9 Å². The van der Waals surface area contributed by atoms with E-state index in [2.05, 4.69) is 4.99 Å². The van der Waals surface area contributed by atoms with Crippen LogP contribution >= 0.6 is 0 Å². The van der Waals surface area contributed by atoms with Crippen molar-refractivity contribution in [2.75, 3.05) is 7.11 Å². The van der Waals surface area contributed by atoms with Crippen LogP contribution < -0.4 is 8.92 Å². The molecule has 0 saturated carbocycles. The number of aliphatic imine (C=N–C) groups is 1. The number of hydrogen-bond donors (Lipinski definition) is 0. The number of carbonyl (C=O) groups excluding carboxylic acids is 1. The maximum atomic E-state index is 13.1. The molecule has 0 aromatic heterocycles. The lowest BCUT2D eigenvalue weighted by atomic mass is 10.1. The second-order valence-corrected chi connectivity index (χ2v) is 8.65. The number of nitrogens with zero attached hydrogens (tertiary/aromatic N) is 1. The minimum atomic E-state index is -4.07. The molecule has 1 heterocycles. The molecule has 1 aliphatic heterocycles. The van der Waals surface area contributed by atoms with Crippen LogP contribution in [0.1, 0.15) is 16.7 Å². The Morgan fingerprint density at radius 1 is 0.970 bits per heavy atom. The van der Waals surface area contributed by atoms with Crippen LogP contribution in [0.25, 0.3) is 6.08 Å². The molecule has 0 amide bonds. The molecule has 3 aromatic rings. The molecule has 1 aliphatic rings. The van der Waals surface area contributed by atoms with Crippen LogP contribution in [-0.2, 0) is 19.6 Å². The summed E-state index contributed by atoms with van der Waals surface area (Å²) in [6.45, 7) is 1.85. The summed E-state index contributed by atoms with van der Waals surface area (Å²) < 4.78 is 54.0. The largest absolute Gasteiger partial charge is 0.493 e. The molecule has 0 bridgehead atoms. The smallest absolute Gasteiger partial charge is 0.363 e. The van der Waals surface area contributed by atoms with E-state index in [1.807, 2.05) is 6.92 Å². The summed E-state index contributed by atoms with van der Waals surface area (Å²) in [5, 5.41) is 0. The van der Waals surface area contributed by atoms with Crippen molar-refractivity contribution < 1.29 is 31.3 Å². The molecule has 9 heteroatoms. The lowest BCUT2D eigenvalue weighted by molar-refractivity contribution is -0.129. The van der Waals surface area contributed by atoms with E-state index in [4.69, 9.17) is 13.7 Å². The fourth-order valence-electron chi connectivity index (χ4n) is 3.00. The summed E-state index contributed by atoms with van der Waals surface area (Å²) in [6, 6.07) is 16.1. The van der Waals surface area contributed by atoms with Gasteiger partial charge in [0.05, 0.1) is 7.11 Å². The van der Waals surface area contributed by atoms with Gasteiger partial charge in [0.1, 0.15) is 10.7 Å². The zero-order valence-electron chi connectivity index (χ0n) is 17.6. The van der Waals surface area contributed by atoms with Gasteiger partial charge in [0.2, 0.25) is 5.90 Å². The number of carbonyl (C=O) groups is 1. The number of hydrogen-bond acceptors (Lipinski definition) is 7. The van der Waals surface area contributed by atoms with Crippen LogP contribution in [0.5, 0.6) is 11.5 Å². The first-order valence-electron chi connectivity index (χ1n) is 9.73. The van der Waals surface area contributed by atoms with E-state index in [0.717, 1.165) is 5.56 Å². The van der Waals surface area contributed by atoms with Crippen LogP contribution in [0, 0.1) is 12.7 Å². The molecule has 4 rings (SSSR count). The Balaban J connectivity index is 1.60. The number of halogens is 1. The minimum absolute atomic E-state index is 0.00951. The fraction of sp³-hybridized carbons (Fsp3) is 0.0833.